The monoisotopic (exact) mass is 475 g/mol. The highest BCUT2D eigenvalue weighted by Crippen LogP contribution is 2.33. The Labute approximate surface area is 192 Å². The Bertz CT molecular complexity index is 1100. The maximum absolute atomic E-state index is 11.2. The van der Waals surface area contributed by atoms with Crippen molar-refractivity contribution in [3.05, 3.63) is 48.5 Å². The van der Waals surface area contributed by atoms with Crippen LogP contribution < -0.4 is 11.5 Å². The van der Waals surface area contributed by atoms with Gasteiger partial charge in [0.1, 0.15) is 53.5 Å². The lowest BCUT2D eigenvalue weighted by Gasteiger charge is -2.17. The van der Waals surface area contributed by atoms with E-state index in [9.17, 15) is 15.0 Å². The molecule has 176 valence electrons. The number of benzene rings is 1. The van der Waals surface area contributed by atoms with Crippen molar-refractivity contribution in [2.75, 3.05) is 17.2 Å². The molecular formula is C21H27N6O5S+. The summed E-state index contributed by atoms with van der Waals surface area (Å²) in [6, 6.07) is 8.87. The van der Waals surface area contributed by atoms with Gasteiger partial charge in [0.15, 0.2) is 17.7 Å². The van der Waals surface area contributed by atoms with Crippen LogP contribution in [0, 0.1) is 0 Å². The summed E-state index contributed by atoms with van der Waals surface area (Å²) in [6.07, 6.45) is -0.829. The highest BCUT2D eigenvalue weighted by molar-refractivity contribution is 7.96. The molecule has 1 aliphatic rings. The fourth-order valence-electron chi connectivity index (χ4n) is 3.83. The number of nitrogens with zero attached hydrogens (tertiary/aromatic N) is 4. The smallest absolute Gasteiger partial charge is 0.320 e. The predicted octanol–water partition coefficient (Wildman–Crippen LogP) is -0.352. The van der Waals surface area contributed by atoms with E-state index in [1.54, 1.807) is 0 Å². The van der Waals surface area contributed by atoms with Gasteiger partial charge in [-0.1, -0.05) is 30.3 Å². The van der Waals surface area contributed by atoms with Crippen LogP contribution in [0.4, 0.5) is 5.82 Å². The lowest BCUT2D eigenvalue weighted by atomic mass is 10.1. The number of hydrogen-bond acceptors (Lipinski definition) is 9. The van der Waals surface area contributed by atoms with Gasteiger partial charge in [0.05, 0.1) is 6.33 Å². The topological polar surface area (TPSA) is 183 Å². The number of aliphatic hydroxyl groups is 2. The molecule has 2 aromatic heterocycles. The van der Waals surface area contributed by atoms with Gasteiger partial charge >= 0.3 is 5.97 Å². The van der Waals surface area contributed by atoms with Crippen LogP contribution in [-0.2, 0) is 26.2 Å². The Kier molecular flexibility index (Phi) is 7.10. The molecule has 0 bridgehead atoms. The molecule has 1 fully saturated rings. The van der Waals surface area contributed by atoms with Crippen LogP contribution in [0.3, 0.4) is 0 Å². The third-order valence-electron chi connectivity index (χ3n) is 5.65. The summed E-state index contributed by atoms with van der Waals surface area (Å²) in [5.74, 6) is 0.868. The Morgan fingerprint density at radius 1 is 1.18 bits per heavy atom. The van der Waals surface area contributed by atoms with Crippen molar-refractivity contribution < 1.29 is 24.9 Å². The highest BCUT2D eigenvalue weighted by atomic mass is 32.2. The number of carboxylic acids is 1. The van der Waals surface area contributed by atoms with Crippen molar-refractivity contribution in [2.45, 2.75) is 42.8 Å². The largest absolute Gasteiger partial charge is 0.480 e. The molecule has 0 amide bonds. The number of ether oxygens (including phenoxy) is 1. The third-order valence-corrected chi connectivity index (χ3v) is 8.00. The zero-order valence-electron chi connectivity index (χ0n) is 17.8. The Hall–Kier alpha value is -2.77. The van der Waals surface area contributed by atoms with Crippen LogP contribution in [0.1, 0.15) is 18.2 Å². The van der Waals surface area contributed by atoms with E-state index < -0.39 is 36.6 Å². The lowest BCUT2D eigenvalue weighted by Crippen LogP contribution is -2.38. The standard InChI is InChI=1S/C21H26N6O5S/c22-13(21(30)31)6-7-33(8-12-4-2-1-3-5-12)9-14-16(28)17(29)20(32-14)27-11-26-15-18(23)24-10-25-19(15)27/h1-5,10-11,13-14,16-17,20,28-29H,6-9,22H2,(H2-,23,24,25,30,31)/p+1/t13-,14+,16+,17+,20+,33?/m0/s1. The predicted molar refractivity (Wildman–Crippen MR) is 123 cm³/mol. The summed E-state index contributed by atoms with van der Waals surface area (Å²) in [7, 11) is -0.341. The number of nitrogen functional groups attached to an aromatic ring is 1. The number of aliphatic hydroxyl groups excluding tert-OH is 2. The van der Waals surface area contributed by atoms with E-state index in [1.165, 1.54) is 17.2 Å². The quantitative estimate of drug-likeness (QED) is 0.256. The number of fused-ring (bicyclic) bond motifs is 1. The van der Waals surface area contributed by atoms with Gasteiger partial charge in [0, 0.05) is 12.0 Å². The van der Waals surface area contributed by atoms with Crippen LogP contribution in [-0.4, -0.2) is 76.7 Å². The van der Waals surface area contributed by atoms with Crippen LogP contribution in [0.15, 0.2) is 43.0 Å². The third kappa shape index (κ3) is 5.09. The number of rotatable bonds is 9. The second-order valence-corrected chi connectivity index (χ2v) is 10.2. The normalized spacial score (nSPS) is 24.7. The fraction of sp³-hybridized carbons (Fsp3) is 0.429. The van der Waals surface area contributed by atoms with Gasteiger partial charge in [-0.2, -0.15) is 0 Å². The number of carbonyl (C=O) groups is 1. The van der Waals surface area contributed by atoms with Gasteiger partial charge in [-0.15, -0.1) is 0 Å². The van der Waals surface area contributed by atoms with E-state index in [-0.39, 0.29) is 16.7 Å². The molecule has 33 heavy (non-hydrogen) atoms. The second kappa shape index (κ2) is 10.0. The fourth-order valence-corrected chi connectivity index (χ4v) is 6.25. The van der Waals surface area contributed by atoms with E-state index in [4.69, 9.17) is 21.3 Å². The van der Waals surface area contributed by atoms with Crippen LogP contribution in [0.5, 0.6) is 0 Å². The van der Waals surface area contributed by atoms with E-state index in [2.05, 4.69) is 15.0 Å². The molecule has 7 N–H and O–H groups in total. The Balaban J connectivity index is 1.51. The zero-order chi connectivity index (χ0) is 23.5. The molecular weight excluding hydrogens is 448 g/mol. The minimum Gasteiger partial charge on any atom is -0.480 e. The van der Waals surface area contributed by atoms with E-state index >= 15 is 0 Å². The Morgan fingerprint density at radius 2 is 1.94 bits per heavy atom. The molecule has 3 aromatic rings. The minimum atomic E-state index is -1.20. The molecule has 1 saturated heterocycles. The van der Waals surface area contributed by atoms with Crippen LogP contribution in [0.2, 0.25) is 0 Å². The lowest BCUT2D eigenvalue weighted by molar-refractivity contribution is -0.138. The van der Waals surface area contributed by atoms with E-state index in [0.717, 1.165) is 5.56 Å². The molecule has 3 heterocycles. The van der Waals surface area contributed by atoms with Crippen molar-refractivity contribution >= 4 is 33.8 Å². The van der Waals surface area contributed by atoms with Gasteiger partial charge in [-0.25, -0.2) is 15.0 Å². The SMILES string of the molecule is Nc1ncnc2c1ncn2[C@@H]1O[C@H](C[S+](CC[C@H](N)C(=O)O)Cc2ccccc2)[C@@H](O)[C@H]1O. The average molecular weight is 476 g/mol. The van der Waals surface area contributed by atoms with Gasteiger partial charge in [-0.3, -0.25) is 9.36 Å². The number of anilines is 1. The van der Waals surface area contributed by atoms with Gasteiger partial charge in [-0.05, 0) is 10.9 Å². The van der Waals surface area contributed by atoms with Gasteiger partial charge in [0.25, 0.3) is 0 Å². The Morgan fingerprint density at radius 3 is 2.67 bits per heavy atom. The maximum atomic E-state index is 11.2. The molecule has 11 nitrogen and oxygen atoms in total. The number of aliphatic carboxylic acids is 1. The van der Waals surface area contributed by atoms with E-state index in [0.29, 0.717) is 34.8 Å². The second-order valence-electron chi connectivity index (χ2n) is 7.98. The number of hydrogen-bond donors (Lipinski definition) is 5. The molecule has 1 aliphatic heterocycles. The molecule has 0 spiro atoms. The van der Waals surface area contributed by atoms with Crippen molar-refractivity contribution in [1.82, 2.24) is 19.5 Å². The number of carboxylic acid groups (broad SMARTS) is 1. The summed E-state index contributed by atoms with van der Waals surface area (Å²) in [6.45, 7) is 0. The van der Waals surface area contributed by atoms with Gasteiger partial charge in [0.2, 0.25) is 0 Å². The summed E-state index contributed by atoms with van der Waals surface area (Å²) < 4.78 is 7.62. The van der Waals surface area contributed by atoms with Gasteiger partial charge < -0.3 is 31.5 Å². The first-order valence-corrected chi connectivity index (χ1v) is 12.2. The zero-order valence-corrected chi connectivity index (χ0v) is 18.6. The number of imidazole rings is 1. The molecule has 0 aliphatic carbocycles. The maximum Gasteiger partial charge on any atom is 0.320 e. The van der Waals surface area contributed by atoms with Crippen LogP contribution in [0.25, 0.3) is 11.2 Å². The summed E-state index contributed by atoms with van der Waals surface area (Å²) in [5, 5.41) is 30.6. The number of nitrogens with two attached hydrogens (primary N) is 2. The molecule has 6 atom stereocenters. The highest BCUT2D eigenvalue weighted by Gasteiger charge is 2.47. The average Bonchev–Trinajstić information content (AvgIpc) is 3.35. The first kappa shape index (κ1) is 23.4. The van der Waals surface area contributed by atoms with Crippen molar-refractivity contribution in [3.63, 3.8) is 0 Å². The van der Waals surface area contributed by atoms with Crippen molar-refractivity contribution in [1.29, 1.82) is 0 Å². The summed E-state index contributed by atoms with van der Waals surface area (Å²) in [4.78, 5) is 23.5. The van der Waals surface area contributed by atoms with E-state index in [1.807, 2.05) is 30.3 Å². The molecule has 1 unspecified atom stereocenters. The molecule has 12 heteroatoms. The van der Waals surface area contributed by atoms with Crippen LogP contribution >= 0.6 is 0 Å². The molecule has 1 aromatic carbocycles. The van der Waals surface area contributed by atoms with Crippen molar-refractivity contribution in [2.24, 2.45) is 5.73 Å². The molecule has 0 saturated carbocycles. The number of aromatic nitrogens is 4. The summed E-state index contributed by atoms with van der Waals surface area (Å²) in [5.41, 5.74) is 13.4. The first-order valence-electron chi connectivity index (χ1n) is 10.5. The minimum absolute atomic E-state index is 0.211. The summed E-state index contributed by atoms with van der Waals surface area (Å²) >= 11 is 0. The van der Waals surface area contributed by atoms with Crippen molar-refractivity contribution in [3.8, 4) is 0 Å². The first-order chi connectivity index (χ1) is 15.8. The molecule has 4 rings (SSSR count). The molecule has 0 radical (unpaired) electrons.